The lowest BCUT2D eigenvalue weighted by Crippen LogP contribution is -2.16. The zero-order valence-electron chi connectivity index (χ0n) is 9.42. The van der Waals surface area contributed by atoms with E-state index >= 15 is 0 Å². The third-order valence-electron chi connectivity index (χ3n) is 1.45. The maximum Gasteiger partial charge on any atom is 0.0932 e. The molecule has 0 aromatic rings. The van der Waals surface area contributed by atoms with E-state index in [4.69, 9.17) is 0 Å². The van der Waals surface area contributed by atoms with E-state index in [1.54, 1.807) is 6.34 Å². The topological polar surface area (TPSA) is 39.7 Å². The Balaban J connectivity index is 3.03. The molecule has 0 aromatic carbocycles. The van der Waals surface area contributed by atoms with Crippen LogP contribution in [-0.2, 0) is 0 Å². The van der Waals surface area contributed by atoms with Gasteiger partial charge in [0.1, 0.15) is 0 Å². The molecule has 0 bridgehead atoms. The van der Waals surface area contributed by atoms with Crippen molar-refractivity contribution >= 4 is 18.5 Å². The first kappa shape index (κ1) is 13.7. The van der Waals surface area contributed by atoms with Gasteiger partial charge in [0.15, 0.2) is 0 Å². The smallest absolute Gasteiger partial charge is 0.0932 e. The fraction of sp³-hybridized carbons (Fsp3) is 0.889. The summed E-state index contributed by atoms with van der Waals surface area (Å²) in [7, 11) is 3.97. The minimum atomic E-state index is 0.887. The second-order valence-corrected chi connectivity index (χ2v) is 4.31. The summed E-state index contributed by atoms with van der Waals surface area (Å²) in [5.74, 6) is 0. The van der Waals surface area contributed by atoms with Gasteiger partial charge >= 0.3 is 0 Å². The summed E-state index contributed by atoms with van der Waals surface area (Å²) in [5.41, 5.74) is 0. The fourth-order valence-corrected chi connectivity index (χ4v) is 1.16. The van der Waals surface area contributed by atoms with Gasteiger partial charge in [0.05, 0.1) is 6.34 Å². The third kappa shape index (κ3) is 11.7. The molecule has 0 aromatic heterocycles. The molecule has 2 N–H and O–H groups in total. The van der Waals surface area contributed by atoms with E-state index in [-0.39, 0.29) is 0 Å². The molecule has 0 saturated carbocycles. The van der Waals surface area contributed by atoms with Gasteiger partial charge in [0, 0.05) is 18.7 Å². The summed E-state index contributed by atoms with van der Waals surface area (Å²) < 4.78 is 5.00. The molecular formula is C9H22N4S. The zero-order valence-corrected chi connectivity index (χ0v) is 10.2. The number of nitrogens with zero attached hydrogens (tertiary/aromatic N) is 2. The fourth-order valence-electron chi connectivity index (χ4n) is 0.828. The molecule has 0 aliphatic rings. The van der Waals surface area contributed by atoms with Crippen LogP contribution < -0.4 is 10.0 Å². The molecule has 0 amide bonds. The Bertz CT molecular complexity index is 139. The van der Waals surface area contributed by atoms with Crippen molar-refractivity contribution in [2.24, 2.45) is 4.99 Å². The van der Waals surface area contributed by atoms with Gasteiger partial charge in [-0.1, -0.05) is 6.92 Å². The van der Waals surface area contributed by atoms with Crippen molar-refractivity contribution in [3.63, 3.8) is 0 Å². The second kappa shape index (κ2) is 10.8. The average molecular weight is 218 g/mol. The van der Waals surface area contributed by atoms with Crippen LogP contribution in [0.5, 0.6) is 0 Å². The number of hydrogen-bond acceptors (Lipinski definition) is 4. The maximum absolute atomic E-state index is 4.22. The molecule has 0 unspecified atom stereocenters. The average Bonchev–Trinajstić information content (AvgIpc) is 2.15. The van der Waals surface area contributed by atoms with Crippen LogP contribution in [-0.4, -0.2) is 44.4 Å². The molecule has 14 heavy (non-hydrogen) atoms. The van der Waals surface area contributed by atoms with Gasteiger partial charge in [-0.15, -0.1) is 0 Å². The summed E-state index contributed by atoms with van der Waals surface area (Å²) in [6.07, 6.45) is 4.06. The maximum atomic E-state index is 4.22. The highest BCUT2D eigenvalue weighted by molar-refractivity contribution is 7.95. The van der Waals surface area contributed by atoms with Crippen molar-refractivity contribution in [3.05, 3.63) is 0 Å². The SMILES string of the molecule is CCCNCCCN=CNSN(C)C. The Labute approximate surface area is 91.8 Å². The lowest BCUT2D eigenvalue weighted by Gasteiger charge is -2.05. The van der Waals surface area contributed by atoms with Crippen molar-refractivity contribution in [1.82, 2.24) is 14.3 Å². The van der Waals surface area contributed by atoms with Crippen molar-refractivity contribution in [3.8, 4) is 0 Å². The molecule has 4 nitrogen and oxygen atoms in total. The number of rotatable bonds is 9. The van der Waals surface area contributed by atoms with Crippen LogP contribution in [0.2, 0.25) is 0 Å². The first-order valence-corrected chi connectivity index (χ1v) is 5.83. The summed E-state index contributed by atoms with van der Waals surface area (Å²) in [4.78, 5) is 4.22. The van der Waals surface area contributed by atoms with Gasteiger partial charge in [-0.25, -0.2) is 4.31 Å². The van der Waals surface area contributed by atoms with E-state index < -0.39 is 0 Å². The van der Waals surface area contributed by atoms with Crippen LogP contribution in [0.15, 0.2) is 4.99 Å². The first-order valence-electron chi connectivity index (χ1n) is 5.06. The van der Waals surface area contributed by atoms with Crippen molar-refractivity contribution in [2.75, 3.05) is 33.7 Å². The van der Waals surface area contributed by atoms with Gasteiger partial charge in [-0.2, -0.15) is 0 Å². The van der Waals surface area contributed by atoms with E-state index in [2.05, 4.69) is 22.0 Å². The number of hydrogen-bond donors (Lipinski definition) is 2. The van der Waals surface area contributed by atoms with Gasteiger partial charge in [0.25, 0.3) is 0 Å². The van der Waals surface area contributed by atoms with Crippen molar-refractivity contribution < 1.29 is 0 Å². The number of nitrogens with one attached hydrogen (secondary N) is 2. The molecule has 0 saturated heterocycles. The Kier molecular flexibility index (Phi) is 10.6. The molecule has 0 spiro atoms. The van der Waals surface area contributed by atoms with E-state index in [0.29, 0.717) is 0 Å². The molecule has 0 atom stereocenters. The van der Waals surface area contributed by atoms with Crippen molar-refractivity contribution in [1.29, 1.82) is 0 Å². The van der Waals surface area contributed by atoms with Crippen LogP contribution in [0, 0.1) is 0 Å². The van der Waals surface area contributed by atoms with Gasteiger partial charge in [-0.05, 0) is 40.0 Å². The van der Waals surface area contributed by atoms with Gasteiger partial charge in [-0.3, -0.25) is 4.99 Å². The van der Waals surface area contributed by atoms with Crippen LogP contribution >= 0.6 is 12.1 Å². The molecule has 0 aliphatic carbocycles. The lowest BCUT2D eigenvalue weighted by molar-refractivity contribution is 0.646. The third-order valence-corrected chi connectivity index (χ3v) is 2.02. The summed E-state index contributed by atoms with van der Waals surface area (Å²) >= 11 is 1.52. The predicted octanol–water partition coefficient (Wildman–Crippen LogP) is 1.12. The summed E-state index contributed by atoms with van der Waals surface area (Å²) in [6.45, 7) is 5.23. The quantitative estimate of drug-likeness (QED) is 0.263. The first-order chi connectivity index (χ1) is 6.77. The van der Waals surface area contributed by atoms with Crippen LogP contribution in [0.25, 0.3) is 0 Å². The number of aliphatic imine (C=N–C) groups is 1. The molecule has 0 heterocycles. The monoisotopic (exact) mass is 218 g/mol. The van der Waals surface area contributed by atoms with E-state index in [9.17, 15) is 0 Å². The normalized spacial score (nSPS) is 11.4. The summed E-state index contributed by atoms with van der Waals surface area (Å²) in [6, 6.07) is 0. The minimum Gasteiger partial charge on any atom is -0.317 e. The van der Waals surface area contributed by atoms with E-state index in [0.717, 1.165) is 26.1 Å². The van der Waals surface area contributed by atoms with Crippen molar-refractivity contribution in [2.45, 2.75) is 19.8 Å². The molecule has 5 heteroatoms. The molecule has 0 aliphatic heterocycles. The Morgan fingerprint density at radius 1 is 1.36 bits per heavy atom. The molecule has 0 rings (SSSR count). The Morgan fingerprint density at radius 3 is 2.79 bits per heavy atom. The highest BCUT2D eigenvalue weighted by Gasteiger charge is 1.86. The van der Waals surface area contributed by atoms with Gasteiger partial charge in [0.2, 0.25) is 0 Å². The minimum absolute atomic E-state index is 0.887. The molecule has 84 valence electrons. The van der Waals surface area contributed by atoms with Gasteiger partial charge < -0.3 is 10.0 Å². The Morgan fingerprint density at radius 2 is 2.14 bits per heavy atom. The van der Waals surface area contributed by atoms with E-state index in [1.807, 2.05) is 18.4 Å². The molecule has 0 fully saturated rings. The molecular weight excluding hydrogens is 196 g/mol. The van der Waals surface area contributed by atoms with Crippen LogP contribution in [0.1, 0.15) is 19.8 Å². The molecule has 0 radical (unpaired) electrons. The van der Waals surface area contributed by atoms with Crippen LogP contribution in [0.3, 0.4) is 0 Å². The largest absolute Gasteiger partial charge is 0.317 e. The highest BCUT2D eigenvalue weighted by Crippen LogP contribution is 1.92. The second-order valence-electron chi connectivity index (χ2n) is 3.16. The lowest BCUT2D eigenvalue weighted by atomic mass is 10.4. The predicted molar refractivity (Wildman–Crippen MR) is 65.6 cm³/mol. The zero-order chi connectivity index (χ0) is 10.6. The summed E-state index contributed by atoms with van der Waals surface area (Å²) in [5, 5.41) is 3.34. The van der Waals surface area contributed by atoms with E-state index in [1.165, 1.54) is 18.6 Å². The Hall–Kier alpha value is -0.260. The van der Waals surface area contributed by atoms with Crippen LogP contribution in [0.4, 0.5) is 0 Å². The highest BCUT2D eigenvalue weighted by atomic mass is 32.2. The standard InChI is InChI=1S/C9H22N4S/c1-4-6-10-7-5-8-11-9-12-14-13(2)3/h9-10H,4-8H2,1-3H3,(H,11,12).